The van der Waals surface area contributed by atoms with Gasteiger partial charge in [-0.25, -0.2) is 0 Å². The molecule has 2 aliphatic rings. The number of rotatable bonds is 1. The van der Waals surface area contributed by atoms with Crippen LogP contribution < -0.4 is 5.32 Å². The number of fused-ring (bicyclic) bond motifs is 2. The maximum atomic E-state index is 11.4. The Morgan fingerprint density at radius 3 is 2.21 bits per heavy atom. The molecule has 5 heteroatoms. The number of nitrogens with one attached hydrogen (secondary N) is 1. The van der Waals surface area contributed by atoms with E-state index in [2.05, 4.69) is 5.32 Å². The molecular weight excluding hydrogens is 186 g/mol. The smallest absolute Gasteiger partial charge is 0.223 e. The Bertz CT molecular complexity index is 229. The summed E-state index contributed by atoms with van der Waals surface area (Å²) in [4.78, 5) is 11.4. The molecule has 0 saturated carbocycles. The summed E-state index contributed by atoms with van der Waals surface area (Å²) in [6.45, 7) is 0. The first-order chi connectivity index (χ1) is 6.63. The average Bonchev–Trinajstić information content (AvgIpc) is 2.41. The van der Waals surface area contributed by atoms with Crippen molar-refractivity contribution in [3.63, 3.8) is 0 Å². The summed E-state index contributed by atoms with van der Waals surface area (Å²) < 4.78 is 5.37. The number of hydrogen-bond donors (Lipinski definition) is 3. The van der Waals surface area contributed by atoms with Gasteiger partial charge in [0.15, 0.2) is 0 Å². The van der Waals surface area contributed by atoms with Crippen molar-refractivity contribution in [2.24, 2.45) is 5.92 Å². The second-order valence-electron chi connectivity index (χ2n) is 3.98. The fourth-order valence-electron chi connectivity index (χ4n) is 2.29. The molecule has 2 aliphatic heterocycles. The molecule has 5 atom stereocenters. The van der Waals surface area contributed by atoms with Gasteiger partial charge >= 0.3 is 0 Å². The molecule has 2 heterocycles. The Hall–Kier alpha value is -0.650. The van der Waals surface area contributed by atoms with Gasteiger partial charge in [-0.1, -0.05) is 0 Å². The van der Waals surface area contributed by atoms with Gasteiger partial charge in [-0.3, -0.25) is 4.79 Å². The molecular formula is C9H15NO4. The van der Waals surface area contributed by atoms with Crippen LogP contribution in [0.2, 0.25) is 0 Å². The van der Waals surface area contributed by atoms with Crippen LogP contribution in [0.5, 0.6) is 0 Å². The molecule has 2 saturated heterocycles. The third-order valence-corrected chi connectivity index (χ3v) is 3.11. The highest BCUT2D eigenvalue weighted by molar-refractivity contribution is 5.78. The summed E-state index contributed by atoms with van der Waals surface area (Å²) in [6.07, 6.45) is -1.45. The standard InChI is InChI=1S/C9H15NO4/c1-10-9(13)4-2-5-7(11)8(12)6(3-4)14-5/h4-8,11-12H,2-3H2,1H3,(H,10,13)/t4?,5-,6+,7-,8+. The average molecular weight is 201 g/mol. The van der Waals surface area contributed by atoms with Gasteiger partial charge in [0.25, 0.3) is 0 Å². The highest BCUT2D eigenvalue weighted by Gasteiger charge is 2.49. The lowest BCUT2D eigenvalue weighted by atomic mass is 9.94. The maximum absolute atomic E-state index is 11.4. The number of carbonyl (C=O) groups excluding carboxylic acids is 1. The number of aliphatic hydroxyl groups is 2. The minimum atomic E-state index is -0.838. The Balaban J connectivity index is 2.07. The molecule has 0 aromatic rings. The second-order valence-corrected chi connectivity index (χ2v) is 3.98. The van der Waals surface area contributed by atoms with Crippen LogP contribution in [-0.4, -0.2) is 47.6 Å². The highest BCUT2D eigenvalue weighted by Crippen LogP contribution is 2.36. The summed E-state index contributed by atoms with van der Waals surface area (Å²) in [7, 11) is 1.59. The molecule has 0 aromatic heterocycles. The van der Waals surface area contributed by atoms with Crippen molar-refractivity contribution in [3.05, 3.63) is 0 Å². The van der Waals surface area contributed by atoms with E-state index in [0.29, 0.717) is 12.8 Å². The fourth-order valence-corrected chi connectivity index (χ4v) is 2.29. The lowest BCUT2D eigenvalue weighted by Gasteiger charge is -2.27. The summed E-state index contributed by atoms with van der Waals surface area (Å²) in [5.74, 6) is -0.180. The molecule has 2 fully saturated rings. The van der Waals surface area contributed by atoms with Crippen molar-refractivity contribution in [2.45, 2.75) is 37.3 Å². The van der Waals surface area contributed by atoms with Crippen LogP contribution in [0.1, 0.15) is 12.8 Å². The van der Waals surface area contributed by atoms with Crippen LogP contribution in [0.25, 0.3) is 0 Å². The molecule has 0 aliphatic carbocycles. The molecule has 3 N–H and O–H groups in total. The van der Waals surface area contributed by atoms with E-state index in [9.17, 15) is 15.0 Å². The molecule has 14 heavy (non-hydrogen) atoms. The lowest BCUT2D eigenvalue weighted by molar-refractivity contribution is -0.131. The minimum Gasteiger partial charge on any atom is -0.388 e. The molecule has 80 valence electrons. The van der Waals surface area contributed by atoms with Crippen molar-refractivity contribution in [3.8, 4) is 0 Å². The summed E-state index contributed by atoms with van der Waals surface area (Å²) in [5.41, 5.74) is 0. The number of carbonyl (C=O) groups is 1. The summed E-state index contributed by atoms with van der Waals surface area (Å²) in [5, 5.41) is 21.6. The van der Waals surface area contributed by atoms with Gasteiger partial charge in [0.2, 0.25) is 5.91 Å². The molecule has 5 nitrogen and oxygen atoms in total. The Labute approximate surface area is 82.1 Å². The topological polar surface area (TPSA) is 78.8 Å². The van der Waals surface area contributed by atoms with E-state index in [1.54, 1.807) is 7.05 Å². The first-order valence-corrected chi connectivity index (χ1v) is 4.86. The van der Waals surface area contributed by atoms with Gasteiger partial charge in [0.05, 0.1) is 12.2 Å². The largest absolute Gasteiger partial charge is 0.388 e. The zero-order valence-corrected chi connectivity index (χ0v) is 8.01. The third kappa shape index (κ3) is 1.41. The van der Waals surface area contributed by atoms with Crippen molar-refractivity contribution in [2.75, 3.05) is 7.05 Å². The van der Waals surface area contributed by atoms with E-state index in [0.717, 1.165) is 0 Å². The Morgan fingerprint density at radius 2 is 1.79 bits per heavy atom. The quantitative estimate of drug-likeness (QED) is 0.489. The van der Waals surface area contributed by atoms with Gasteiger partial charge in [0.1, 0.15) is 12.2 Å². The maximum Gasteiger partial charge on any atom is 0.223 e. The zero-order chi connectivity index (χ0) is 10.3. The van der Waals surface area contributed by atoms with Crippen molar-refractivity contribution < 1.29 is 19.7 Å². The molecule has 0 spiro atoms. The number of aliphatic hydroxyl groups excluding tert-OH is 2. The van der Waals surface area contributed by atoms with Crippen LogP contribution >= 0.6 is 0 Å². The van der Waals surface area contributed by atoms with Crippen molar-refractivity contribution in [1.82, 2.24) is 5.32 Å². The zero-order valence-electron chi connectivity index (χ0n) is 8.01. The first-order valence-electron chi connectivity index (χ1n) is 4.86. The van der Waals surface area contributed by atoms with E-state index in [1.165, 1.54) is 0 Å². The first kappa shape index (κ1) is 9.89. The molecule has 0 aromatic carbocycles. The predicted octanol–water partition coefficient (Wildman–Crippen LogP) is -1.37. The Kier molecular flexibility index (Phi) is 2.47. The van der Waals surface area contributed by atoms with Crippen LogP contribution in [0.4, 0.5) is 0 Å². The van der Waals surface area contributed by atoms with E-state index >= 15 is 0 Å². The summed E-state index contributed by atoms with van der Waals surface area (Å²) in [6, 6.07) is 0. The molecule has 2 rings (SSSR count). The predicted molar refractivity (Wildman–Crippen MR) is 47.5 cm³/mol. The van der Waals surface area contributed by atoms with Gasteiger partial charge in [-0.2, -0.15) is 0 Å². The van der Waals surface area contributed by atoms with Crippen LogP contribution in [0.3, 0.4) is 0 Å². The monoisotopic (exact) mass is 201 g/mol. The van der Waals surface area contributed by atoms with Crippen molar-refractivity contribution in [1.29, 1.82) is 0 Å². The number of ether oxygens (including phenoxy) is 1. The minimum absolute atomic E-state index is 0.0374. The highest BCUT2D eigenvalue weighted by atomic mass is 16.5. The van der Waals surface area contributed by atoms with E-state index in [1.807, 2.05) is 0 Å². The lowest BCUT2D eigenvalue weighted by Crippen LogP contribution is -2.37. The Morgan fingerprint density at radius 1 is 1.29 bits per heavy atom. The van der Waals surface area contributed by atoms with Crippen molar-refractivity contribution >= 4 is 5.91 Å². The van der Waals surface area contributed by atoms with E-state index in [4.69, 9.17) is 4.74 Å². The van der Waals surface area contributed by atoms with E-state index < -0.39 is 12.2 Å². The van der Waals surface area contributed by atoms with Gasteiger partial charge in [-0.15, -0.1) is 0 Å². The molecule has 1 amide bonds. The molecule has 0 radical (unpaired) electrons. The van der Waals surface area contributed by atoms with Gasteiger partial charge < -0.3 is 20.3 Å². The van der Waals surface area contributed by atoms with Crippen LogP contribution in [0.15, 0.2) is 0 Å². The van der Waals surface area contributed by atoms with Crippen LogP contribution in [0, 0.1) is 5.92 Å². The second kappa shape index (κ2) is 3.49. The van der Waals surface area contributed by atoms with E-state index in [-0.39, 0.29) is 24.0 Å². The SMILES string of the molecule is CNC(=O)C1C[C@@H]2O[C@H](C1)[C@@H](O)[C@H]2O. The number of amides is 1. The molecule has 2 bridgehead atoms. The number of hydrogen-bond acceptors (Lipinski definition) is 4. The summed E-state index contributed by atoms with van der Waals surface area (Å²) >= 11 is 0. The molecule has 1 unspecified atom stereocenters. The van der Waals surface area contributed by atoms with Gasteiger partial charge in [0, 0.05) is 13.0 Å². The normalized spacial score (nSPS) is 46.4. The van der Waals surface area contributed by atoms with Gasteiger partial charge in [-0.05, 0) is 12.8 Å². The third-order valence-electron chi connectivity index (χ3n) is 3.11. The van der Waals surface area contributed by atoms with Crippen LogP contribution in [-0.2, 0) is 9.53 Å². The fraction of sp³-hybridized carbons (Fsp3) is 0.889.